The van der Waals surface area contributed by atoms with Crippen LogP contribution in [-0.4, -0.2) is 10.3 Å². The second-order valence-corrected chi connectivity index (χ2v) is 7.88. The number of hydrogen-bond donors (Lipinski definition) is 0. The van der Waals surface area contributed by atoms with Crippen LogP contribution in [0.2, 0.25) is 0 Å². The van der Waals surface area contributed by atoms with Gasteiger partial charge in [0.1, 0.15) is 0 Å². The van der Waals surface area contributed by atoms with Crippen molar-refractivity contribution < 1.29 is 20.4 Å². The maximum atomic E-state index is 2.30. The molecule has 0 atom stereocenters. The van der Waals surface area contributed by atoms with Crippen LogP contribution in [0.1, 0.15) is 41.5 Å². The molecule has 0 fully saturated rings. The molecule has 0 aliphatic carbocycles. The third-order valence-electron chi connectivity index (χ3n) is 0.750. The predicted molar refractivity (Wildman–Crippen MR) is 47.8 cm³/mol. The number of hydrogen-bond acceptors (Lipinski definition) is 0. The minimum Gasteiger partial charge on any atom is -0.111 e. The molecule has 10 heavy (non-hydrogen) atoms. The number of rotatable bonds is 0. The van der Waals surface area contributed by atoms with Gasteiger partial charge in [0.25, 0.3) is 0 Å². The van der Waals surface area contributed by atoms with E-state index in [0.29, 0.717) is 10.3 Å². The van der Waals surface area contributed by atoms with Gasteiger partial charge in [-0.15, -0.1) is 8.58 Å². The van der Waals surface area contributed by atoms with Gasteiger partial charge in [0.05, 0.1) is 0 Å². The van der Waals surface area contributed by atoms with Crippen LogP contribution in [-0.2, 0) is 20.4 Å². The van der Waals surface area contributed by atoms with E-state index in [4.69, 9.17) is 0 Å². The Morgan fingerprint density at radius 2 is 0.900 bits per heavy atom. The van der Waals surface area contributed by atoms with E-state index in [-0.39, 0.29) is 20.4 Å². The van der Waals surface area contributed by atoms with Gasteiger partial charge in [0, 0.05) is 20.4 Å². The molecule has 0 rings (SSSR count). The Kier molecular flexibility index (Phi) is 5.74. The smallest absolute Gasteiger partial charge is 0 e. The summed E-state index contributed by atoms with van der Waals surface area (Å²) in [6.45, 7) is 13.8. The monoisotopic (exact) mass is 252 g/mol. The fraction of sp³-hybridized carbons (Fsp3) is 1.00. The Morgan fingerprint density at radius 3 is 0.900 bits per heavy atom. The molecule has 0 bridgehead atoms. The minimum absolute atomic E-state index is 0. The summed E-state index contributed by atoms with van der Waals surface area (Å²) in [5.74, 6) is 0. The van der Waals surface area contributed by atoms with Gasteiger partial charge in [-0.05, 0) is 10.3 Å². The zero-order chi connectivity index (χ0) is 7.71. The molecule has 0 aromatic heterocycles. The van der Waals surface area contributed by atoms with Crippen LogP contribution in [0.3, 0.4) is 0 Å². The summed E-state index contributed by atoms with van der Waals surface area (Å²) >= 11 is 0. The van der Waals surface area contributed by atoms with E-state index in [2.05, 4.69) is 41.5 Å². The average molecular weight is 253 g/mol. The molecular weight excluding hydrogens is 233 g/mol. The zero-order valence-electron chi connectivity index (χ0n) is 7.82. The normalized spacial score (nSPS) is 12.6. The average Bonchev–Trinajstić information content (AvgIpc) is 1.14. The van der Waals surface area contributed by atoms with E-state index in [1.807, 2.05) is 0 Å². The van der Waals surface area contributed by atoms with Crippen LogP contribution < -0.4 is 0 Å². The zero-order valence-corrected chi connectivity index (χ0v) is 10.4. The second kappa shape index (κ2) is 4.20. The Balaban J connectivity index is 0. The van der Waals surface area contributed by atoms with E-state index >= 15 is 0 Å². The van der Waals surface area contributed by atoms with Gasteiger partial charge in [-0.1, -0.05) is 41.5 Å². The summed E-state index contributed by atoms with van der Waals surface area (Å²) in [6, 6.07) is 0. The molecule has 0 aliphatic rings. The molecular formula is C8H19PPd. The fourth-order valence-electron chi connectivity index (χ4n) is 1.12. The van der Waals surface area contributed by atoms with Gasteiger partial charge in [-0.2, -0.15) is 0 Å². The molecule has 0 saturated heterocycles. The van der Waals surface area contributed by atoms with Crippen LogP contribution in [0.15, 0.2) is 0 Å². The van der Waals surface area contributed by atoms with Gasteiger partial charge in [0.15, 0.2) is 0 Å². The third-order valence-corrected chi connectivity index (χ3v) is 2.25. The summed E-state index contributed by atoms with van der Waals surface area (Å²) in [4.78, 5) is 0. The Bertz CT molecular complexity index is 74.4. The van der Waals surface area contributed by atoms with Crippen molar-refractivity contribution in [1.29, 1.82) is 0 Å². The molecule has 2 heteroatoms. The van der Waals surface area contributed by atoms with E-state index in [1.165, 1.54) is 0 Å². The standard InChI is InChI=1S/C8H19P.Pd/c1-7(2,3)9-8(4,5)6;/h9H,1-6H3;. The van der Waals surface area contributed by atoms with E-state index in [9.17, 15) is 0 Å². The van der Waals surface area contributed by atoms with Crippen molar-refractivity contribution in [3.8, 4) is 0 Å². The predicted octanol–water partition coefficient (Wildman–Crippen LogP) is 3.26. The molecule has 0 aromatic rings. The molecule has 0 nitrogen and oxygen atoms in total. The summed E-state index contributed by atoms with van der Waals surface area (Å²) in [7, 11) is 1.05. The molecule has 0 saturated carbocycles. The van der Waals surface area contributed by atoms with Gasteiger partial charge in [-0.3, -0.25) is 0 Å². The third kappa shape index (κ3) is 11.8. The molecule has 0 aromatic carbocycles. The van der Waals surface area contributed by atoms with Crippen molar-refractivity contribution in [1.82, 2.24) is 0 Å². The molecule has 66 valence electrons. The maximum Gasteiger partial charge on any atom is 0 e. The van der Waals surface area contributed by atoms with Crippen LogP contribution >= 0.6 is 8.58 Å². The first-order chi connectivity index (χ1) is 3.71. The largest absolute Gasteiger partial charge is 0.111 e. The van der Waals surface area contributed by atoms with Gasteiger partial charge < -0.3 is 0 Å². The van der Waals surface area contributed by atoms with Crippen molar-refractivity contribution in [2.75, 3.05) is 0 Å². The van der Waals surface area contributed by atoms with Crippen molar-refractivity contribution in [3.05, 3.63) is 0 Å². The van der Waals surface area contributed by atoms with Gasteiger partial charge in [0.2, 0.25) is 0 Å². The maximum absolute atomic E-state index is 2.30. The van der Waals surface area contributed by atoms with Crippen molar-refractivity contribution >= 4 is 8.58 Å². The molecule has 0 radical (unpaired) electrons. The first-order valence-electron chi connectivity index (χ1n) is 3.50. The quantitative estimate of drug-likeness (QED) is 0.459. The van der Waals surface area contributed by atoms with Crippen LogP contribution in [0, 0.1) is 0 Å². The molecule has 0 N–H and O–H groups in total. The van der Waals surface area contributed by atoms with Crippen molar-refractivity contribution in [3.63, 3.8) is 0 Å². The second-order valence-electron chi connectivity index (χ2n) is 4.62. The molecule has 0 heterocycles. The molecule has 0 aliphatic heterocycles. The summed E-state index contributed by atoms with van der Waals surface area (Å²) in [6.07, 6.45) is 0. The molecule has 0 spiro atoms. The van der Waals surface area contributed by atoms with E-state index in [1.54, 1.807) is 0 Å². The van der Waals surface area contributed by atoms with Crippen LogP contribution in [0.25, 0.3) is 0 Å². The van der Waals surface area contributed by atoms with Gasteiger partial charge >= 0.3 is 0 Å². The Morgan fingerprint density at radius 1 is 0.700 bits per heavy atom. The van der Waals surface area contributed by atoms with E-state index < -0.39 is 0 Å². The van der Waals surface area contributed by atoms with E-state index in [0.717, 1.165) is 8.58 Å². The van der Waals surface area contributed by atoms with Crippen molar-refractivity contribution in [2.45, 2.75) is 51.9 Å². The molecule has 0 amide bonds. The SMILES string of the molecule is CC(C)(C)PC(C)(C)C.[Pd]. The van der Waals surface area contributed by atoms with Gasteiger partial charge in [-0.25, -0.2) is 0 Å². The Labute approximate surface area is 81.0 Å². The minimum atomic E-state index is 0. The van der Waals surface area contributed by atoms with Crippen molar-refractivity contribution in [2.24, 2.45) is 0 Å². The summed E-state index contributed by atoms with van der Waals surface area (Å²) in [5.41, 5.74) is 0. The first kappa shape index (κ1) is 13.7. The Hall–Kier alpha value is 1.09. The topological polar surface area (TPSA) is 0 Å². The summed E-state index contributed by atoms with van der Waals surface area (Å²) in [5, 5.41) is 1.02. The summed E-state index contributed by atoms with van der Waals surface area (Å²) < 4.78 is 0. The van der Waals surface area contributed by atoms with Crippen LogP contribution in [0.4, 0.5) is 0 Å². The molecule has 0 unspecified atom stereocenters. The van der Waals surface area contributed by atoms with Crippen LogP contribution in [0.5, 0.6) is 0 Å². The fourth-order valence-corrected chi connectivity index (χ4v) is 3.38. The first-order valence-corrected chi connectivity index (χ1v) is 4.50.